The van der Waals surface area contributed by atoms with Crippen molar-refractivity contribution < 1.29 is 54.9 Å². The first kappa shape index (κ1) is 95.2. The largest absolute Gasteiger partial charge is 0.495 e. The molecule has 0 saturated carbocycles. The number of rotatable bonds is 8. The number of fused-ring (bicyclic) bond motifs is 20. The molecule has 4 fully saturated rings. The lowest BCUT2D eigenvalue weighted by Crippen LogP contribution is -2.41. The first-order valence-corrected chi connectivity index (χ1v) is 50.1. The van der Waals surface area contributed by atoms with Crippen molar-refractivity contribution in [2.75, 3.05) is 0 Å². The maximum atomic E-state index is 6.50. The minimum Gasteiger partial charge on any atom is -0.456 e. The molecule has 0 amide bonds. The fraction of sp³-hybridized carbons (Fsp3) is 0.200. The van der Waals surface area contributed by atoms with Crippen LogP contribution in [0.15, 0.2) is 382 Å². The van der Waals surface area contributed by atoms with E-state index in [0.717, 1.165) is 164 Å². The smallest absolute Gasteiger partial charge is 0.456 e. The van der Waals surface area contributed by atoms with Crippen LogP contribution in [0, 0.1) is 0 Å². The highest BCUT2D eigenvalue weighted by molar-refractivity contribution is 6.67. The number of para-hydroxylation sites is 1. The summed E-state index contributed by atoms with van der Waals surface area (Å²) in [5.41, 5.74) is 17.7. The van der Waals surface area contributed by atoms with Gasteiger partial charge in [0.05, 0.1) is 44.8 Å². The van der Waals surface area contributed by atoms with E-state index in [1.54, 1.807) is 0 Å². The molecular formula is C130H116B4O12. The molecule has 146 heavy (non-hydrogen) atoms. The lowest BCUT2D eigenvalue weighted by atomic mass is 9.74. The van der Waals surface area contributed by atoms with E-state index in [0.29, 0.717) is 0 Å². The third-order valence-corrected chi connectivity index (χ3v) is 32.3. The normalized spacial score (nSPS) is 16.8. The summed E-state index contributed by atoms with van der Waals surface area (Å²) in [4.78, 5) is 0. The molecule has 0 unspecified atom stereocenters. The summed E-state index contributed by atoms with van der Waals surface area (Å²) in [6.45, 7) is 33.6. The molecule has 0 atom stereocenters. The van der Waals surface area contributed by atoms with Gasteiger partial charge in [-0.1, -0.05) is 270 Å². The van der Waals surface area contributed by atoms with Gasteiger partial charge >= 0.3 is 28.5 Å². The Morgan fingerprint density at radius 2 is 0.418 bits per heavy atom. The lowest BCUT2D eigenvalue weighted by molar-refractivity contribution is 0.00578. The maximum Gasteiger partial charge on any atom is 0.495 e. The molecule has 720 valence electrons. The summed E-state index contributed by atoms with van der Waals surface area (Å²) >= 11 is 0. The van der Waals surface area contributed by atoms with Crippen molar-refractivity contribution in [3.8, 4) is 44.5 Å². The summed E-state index contributed by atoms with van der Waals surface area (Å²) in [6, 6.07) is 129. The van der Waals surface area contributed by atoms with Gasteiger partial charge in [0.1, 0.15) is 44.7 Å². The second kappa shape index (κ2) is 35.2. The minimum atomic E-state index is -0.431. The summed E-state index contributed by atoms with van der Waals surface area (Å²) in [6.07, 6.45) is 0. The van der Waals surface area contributed by atoms with Gasteiger partial charge < -0.3 is 54.9 Å². The average Bonchev–Trinajstić information content (AvgIpc) is 1.55. The van der Waals surface area contributed by atoms with Crippen molar-refractivity contribution >= 4 is 224 Å². The zero-order chi connectivity index (χ0) is 98.6. The van der Waals surface area contributed by atoms with Gasteiger partial charge in [-0.25, -0.2) is 0 Å². The predicted octanol–water partition coefficient (Wildman–Crippen LogP) is 32.7. The van der Waals surface area contributed by atoms with Crippen molar-refractivity contribution in [2.45, 2.75) is 170 Å². The highest BCUT2D eigenvalue weighted by atomic mass is 16.7. The zero-order valence-electron chi connectivity index (χ0n) is 83.8. The Kier molecular flexibility index (Phi) is 23.0. The fourth-order valence-electron chi connectivity index (χ4n) is 21.4. The van der Waals surface area contributed by atoms with Crippen LogP contribution in [-0.4, -0.2) is 73.3 Å². The minimum absolute atomic E-state index is 0. The molecule has 0 bridgehead atoms. The molecular weight excluding hydrogens is 1800 g/mol. The van der Waals surface area contributed by atoms with Crippen LogP contribution in [0.1, 0.15) is 126 Å². The molecule has 0 radical (unpaired) electrons. The molecule has 4 saturated heterocycles. The van der Waals surface area contributed by atoms with Gasteiger partial charge in [0, 0.05) is 43.1 Å². The Labute approximate surface area is 852 Å². The van der Waals surface area contributed by atoms with Crippen molar-refractivity contribution in [1.29, 1.82) is 0 Å². The zero-order valence-corrected chi connectivity index (χ0v) is 83.8. The molecule has 28 rings (SSSR count). The molecule has 16 heteroatoms. The molecule has 8 heterocycles. The van der Waals surface area contributed by atoms with Gasteiger partial charge in [-0.05, 0) is 373 Å². The molecule has 0 spiro atoms. The Balaban J connectivity index is 0.000000107. The Bertz CT molecular complexity index is 9270. The molecule has 24 aromatic rings. The molecule has 4 aromatic heterocycles. The number of hydrogen-bond donors (Lipinski definition) is 0. The van der Waals surface area contributed by atoms with Crippen LogP contribution in [-0.2, 0) is 37.2 Å². The van der Waals surface area contributed by atoms with E-state index in [9.17, 15) is 0 Å². The van der Waals surface area contributed by atoms with Crippen molar-refractivity contribution in [2.24, 2.45) is 0 Å². The van der Waals surface area contributed by atoms with Crippen LogP contribution in [0.2, 0.25) is 0 Å². The number of hydrogen-bond acceptors (Lipinski definition) is 12. The summed E-state index contributed by atoms with van der Waals surface area (Å²) in [7, 11) is -1.67. The van der Waals surface area contributed by atoms with Gasteiger partial charge in [0.2, 0.25) is 0 Å². The lowest BCUT2D eigenvalue weighted by Gasteiger charge is -2.32. The SMILES string of the molecule is C.C.CC1(C)OB(c2cc(-c3ccc4oc5cc6ccccc6cc5c4c3)cc3ccccc23)OC1(C)C.CC1(C)OB(c2cc(-c3cccc4cc5oc6ccccc6c5cc34)cc3ccccc23)OC1(C)C.CC1(C)OB(c2cccc3cc(-c4ccc5oc6cc7ccccc7cc6c5c4)ccc23)OC1(C)C.CC1(C)OB(c2cccc3cccc(-c4ccc5oc6cc7ccccc7cc6c5c4)c23)OC1(C)C. The monoisotopic (exact) mass is 1910 g/mol. The van der Waals surface area contributed by atoms with Gasteiger partial charge in [-0.2, -0.15) is 0 Å². The highest BCUT2D eigenvalue weighted by Gasteiger charge is 2.56. The quantitative estimate of drug-likeness (QED) is 0.134. The predicted molar refractivity (Wildman–Crippen MR) is 613 cm³/mol. The first-order valence-electron chi connectivity index (χ1n) is 50.1. The highest BCUT2D eigenvalue weighted by Crippen LogP contribution is 2.48. The van der Waals surface area contributed by atoms with E-state index in [4.69, 9.17) is 54.9 Å². The van der Waals surface area contributed by atoms with Crippen molar-refractivity contribution in [1.82, 2.24) is 0 Å². The average molecular weight is 1910 g/mol. The third kappa shape index (κ3) is 16.2. The van der Waals surface area contributed by atoms with Crippen LogP contribution < -0.4 is 21.9 Å². The molecule has 12 nitrogen and oxygen atoms in total. The van der Waals surface area contributed by atoms with E-state index in [2.05, 4.69) is 463 Å². The molecule has 0 aliphatic carbocycles. The van der Waals surface area contributed by atoms with Crippen LogP contribution in [0.4, 0.5) is 0 Å². The molecule has 4 aliphatic heterocycles. The van der Waals surface area contributed by atoms with Crippen LogP contribution in [0.25, 0.3) is 218 Å². The Morgan fingerprint density at radius 1 is 0.151 bits per heavy atom. The summed E-state index contributed by atoms with van der Waals surface area (Å²) in [5, 5.41) is 28.0. The standard InChI is InChI=1S/4C32H27BO3.2CH4/c1-31(2)32(3,4)36-33(35-31)27-14-8-12-20-11-7-13-24(30(20)27)23-15-16-28-25(18-23)26-17-21-9-5-6-10-22(21)19-29(26)34-28;1-31(2)32(3,4)36-33(35-31)28-17-22(16-20-10-5-6-12-24(20)28)23-14-9-11-21-18-30-27(19-26(21)23)25-13-7-8-15-29(25)34-30;1-31(2)32(3,4)36-33(35-31)28-18-24(15-23-11-7-8-12-25(23)28)22-13-14-29-26(17-22)27-16-20-9-5-6-10-21(20)19-30(27)34-29;1-31(2)32(3,4)36-33(35-31)28-11-7-10-24-16-22(12-14-25(24)28)23-13-15-29-26(18-23)27-17-20-8-5-6-9-21(20)19-30(27)34-29;;/h4*5-19H,1-4H3;2*1H4. The van der Waals surface area contributed by atoms with Gasteiger partial charge in [-0.15, -0.1) is 0 Å². The Hall–Kier alpha value is -14.4. The summed E-state index contributed by atoms with van der Waals surface area (Å²) in [5.74, 6) is 0. The topological polar surface area (TPSA) is 126 Å². The van der Waals surface area contributed by atoms with Gasteiger partial charge in [0.15, 0.2) is 0 Å². The van der Waals surface area contributed by atoms with Crippen molar-refractivity contribution in [3.05, 3.63) is 364 Å². The van der Waals surface area contributed by atoms with E-state index in [-0.39, 0.29) is 33.2 Å². The van der Waals surface area contributed by atoms with E-state index >= 15 is 0 Å². The van der Waals surface area contributed by atoms with Crippen LogP contribution in [0.3, 0.4) is 0 Å². The van der Waals surface area contributed by atoms with Crippen LogP contribution >= 0.6 is 0 Å². The second-order valence-electron chi connectivity index (χ2n) is 43.5. The van der Waals surface area contributed by atoms with Gasteiger partial charge in [-0.3, -0.25) is 0 Å². The Morgan fingerprint density at radius 3 is 0.863 bits per heavy atom. The van der Waals surface area contributed by atoms with E-state index in [1.807, 2.05) is 12.1 Å². The summed E-state index contributed by atoms with van der Waals surface area (Å²) < 4.78 is 76.4. The second-order valence-corrected chi connectivity index (χ2v) is 43.5. The fourth-order valence-corrected chi connectivity index (χ4v) is 21.4. The van der Waals surface area contributed by atoms with Crippen molar-refractivity contribution in [3.63, 3.8) is 0 Å². The molecule has 0 N–H and O–H groups in total. The number of benzene rings is 20. The maximum absolute atomic E-state index is 6.50. The first-order chi connectivity index (χ1) is 69.2. The molecule has 20 aromatic carbocycles. The van der Waals surface area contributed by atoms with Gasteiger partial charge in [0.25, 0.3) is 0 Å². The molecule has 4 aliphatic rings. The van der Waals surface area contributed by atoms with E-state index in [1.165, 1.54) is 75.9 Å². The third-order valence-electron chi connectivity index (χ3n) is 32.3. The van der Waals surface area contributed by atoms with E-state index < -0.39 is 55.0 Å². The number of furan rings is 4. The van der Waals surface area contributed by atoms with Crippen LogP contribution in [0.5, 0.6) is 0 Å².